The Kier molecular flexibility index (Phi) is 5.82. The molecule has 1 amide bonds. The van der Waals surface area contributed by atoms with Gasteiger partial charge in [0.2, 0.25) is 5.95 Å². The molecule has 3 rings (SSSR count). The first kappa shape index (κ1) is 18.9. The number of carbonyl (C=O) groups is 1. The number of hydrogen-bond donors (Lipinski definition) is 2. The molecule has 0 aliphatic rings. The van der Waals surface area contributed by atoms with Crippen LogP contribution in [0.4, 0.5) is 17.3 Å². The second kappa shape index (κ2) is 8.64. The number of ether oxygens (including phenoxy) is 1. The SMILES string of the molecule is CC(C)Oc1ccc(Nc2nccc(C(=O)Nc3ccc(C#N)cc3)n2)cc1. The molecule has 140 valence electrons. The molecule has 0 atom stereocenters. The molecule has 0 saturated heterocycles. The lowest BCUT2D eigenvalue weighted by Gasteiger charge is -2.11. The maximum Gasteiger partial charge on any atom is 0.274 e. The third kappa shape index (κ3) is 5.05. The Bertz CT molecular complexity index is 993. The Morgan fingerprint density at radius 1 is 1.04 bits per heavy atom. The van der Waals surface area contributed by atoms with Gasteiger partial charge in [0.25, 0.3) is 5.91 Å². The third-order valence-electron chi connectivity index (χ3n) is 3.64. The molecule has 0 unspecified atom stereocenters. The summed E-state index contributed by atoms with van der Waals surface area (Å²) in [6.45, 7) is 3.93. The van der Waals surface area contributed by atoms with E-state index in [1.54, 1.807) is 24.3 Å². The summed E-state index contributed by atoms with van der Waals surface area (Å²) in [7, 11) is 0. The highest BCUT2D eigenvalue weighted by Crippen LogP contribution is 2.19. The number of carbonyl (C=O) groups excluding carboxylic acids is 1. The second-order valence-electron chi connectivity index (χ2n) is 6.22. The monoisotopic (exact) mass is 373 g/mol. The zero-order valence-corrected chi connectivity index (χ0v) is 15.5. The number of anilines is 3. The van der Waals surface area contributed by atoms with E-state index in [9.17, 15) is 4.79 Å². The fourth-order valence-corrected chi connectivity index (χ4v) is 2.39. The van der Waals surface area contributed by atoms with E-state index in [4.69, 9.17) is 10.00 Å². The standard InChI is InChI=1S/C21H19N5O2/c1-14(2)28-18-9-7-17(8-10-18)25-21-23-12-11-19(26-21)20(27)24-16-5-3-15(13-22)4-6-16/h3-12,14H,1-2H3,(H,24,27)(H,23,25,26). The first-order valence-electron chi connectivity index (χ1n) is 8.72. The molecule has 0 fully saturated rings. The Morgan fingerprint density at radius 2 is 1.71 bits per heavy atom. The molecule has 2 aromatic carbocycles. The summed E-state index contributed by atoms with van der Waals surface area (Å²) in [5, 5.41) is 14.6. The van der Waals surface area contributed by atoms with E-state index < -0.39 is 0 Å². The van der Waals surface area contributed by atoms with Crippen LogP contribution in [-0.2, 0) is 0 Å². The molecule has 28 heavy (non-hydrogen) atoms. The van der Waals surface area contributed by atoms with Crippen molar-refractivity contribution in [3.05, 3.63) is 72.1 Å². The Balaban J connectivity index is 1.67. The van der Waals surface area contributed by atoms with Crippen LogP contribution in [0.1, 0.15) is 29.9 Å². The lowest BCUT2D eigenvalue weighted by Crippen LogP contribution is -2.14. The highest BCUT2D eigenvalue weighted by molar-refractivity contribution is 6.03. The van der Waals surface area contributed by atoms with Crippen LogP contribution in [-0.4, -0.2) is 22.0 Å². The van der Waals surface area contributed by atoms with E-state index in [1.807, 2.05) is 44.2 Å². The van der Waals surface area contributed by atoms with Gasteiger partial charge in [0, 0.05) is 17.6 Å². The minimum absolute atomic E-state index is 0.105. The first-order chi connectivity index (χ1) is 13.5. The number of rotatable bonds is 6. The molecule has 0 saturated carbocycles. The van der Waals surface area contributed by atoms with Crippen LogP contribution in [0.15, 0.2) is 60.8 Å². The average molecular weight is 373 g/mol. The first-order valence-corrected chi connectivity index (χ1v) is 8.72. The van der Waals surface area contributed by atoms with Gasteiger partial charge in [-0.25, -0.2) is 9.97 Å². The van der Waals surface area contributed by atoms with Crippen LogP contribution in [0.25, 0.3) is 0 Å². The number of aromatic nitrogens is 2. The van der Waals surface area contributed by atoms with Crippen molar-refractivity contribution in [3.63, 3.8) is 0 Å². The molecular weight excluding hydrogens is 354 g/mol. The van der Waals surface area contributed by atoms with Crippen molar-refractivity contribution in [2.45, 2.75) is 20.0 Å². The number of nitrogens with one attached hydrogen (secondary N) is 2. The van der Waals surface area contributed by atoms with Crippen molar-refractivity contribution in [1.29, 1.82) is 5.26 Å². The maximum absolute atomic E-state index is 12.4. The smallest absolute Gasteiger partial charge is 0.274 e. The minimum Gasteiger partial charge on any atom is -0.491 e. The lowest BCUT2D eigenvalue weighted by molar-refractivity contribution is 0.102. The van der Waals surface area contributed by atoms with Gasteiger partial charge in [0.15, 0.2) is 0 Å². The van der Waals surface area contributed by atoms with Crippen LogP contribution in [0.5, 0.6) is 5.75 Å². The lowest BCUT2D eigenvalue weighted by atomic mass is 10.2. The largest absolute Gasteiger partial charge is 0.491 e. The van der Waals surface area contributed by atoms with Crippen LogP contribution in [0.2, 0.25) is 0 Å². The van der Waals surface area contributed by atoms with Crippen molar-refractivity contribution in [2.75, 3.05) is 10.6 Å². The van der Waals surface area contributed by atoms with Crippen molar-refractivity contribution >= 4 is 23.2 Å². The van der Waals surface area contributed by atoms with Gasteiger partial charge in [-0.05, 0) is 68.4 Å². The van der Waals surface area contributed by atoms with Gasteiger partial charge < -0.3 is 15.4 Å². The summed E-state index contributed by atoms with van der Waals surface area (Å²) >= 11 is 0. The van der Waals surface area contributed by atoms with Gasteiger partial charge in [-0.3, -0.25) is 4.79 Å². The highest BCUT2D eigenvalue weighted by atomic mass is 16.5. The summed E-state index contributed by atoms with van der Waals surface area (Å²) in [6.07, 6.45) is 1.62. The molecule has 7 nitrogen and oxygen atoms in total. The van der Waals surface area contributed by atoms with Crippen molar-refractivity contribution in [3.8, 4) is 11.8 Å². The van der Waals surface area contributed by atoms with Gasteiger partial charge in [-0.15, -0.1) is 0 Å². The Labute approximate surface area is 163 Å². The number of amides is 1. The van der Waals surface area contributed by atoms with E-state index in [2.05, 4.69) is 20.6 Å². The summed E-state index contributed by atoms with van der Waals surface area (Å²) in [6, 6.07) is 17.6. The predicted molar refractivity (Wildman–Crippen MR) is 107 cm³/mol. The molecular formula is C21H19N5O2. The van der Waals surface area contributed by atoms with Gasteiger partial charge >= 0.3 is 0 Å². The van der Waals surface area contributed by atoms with Crippen LogP contribution in [0, 0.1) is 11.3 Å². The van der Waals surface area contributed by atoms with E-state index in [0.29, 0.717) is 17.2 Å². The van der Waals surface area contributed by atoms with Gasteiger partial charge in [-0.1, -0.05) is 0 Å². The topological polar surface area (TPSA) is 99.9 Å². The number of nitrogens with zero attached hydrogens (tertiary/aromatic N) is 3. The summed E-state index contributed by atoms with van der Waals surface area (Å²) < 4.78 is 5.61. The summed E-state index contributed by atoms with van der Waals surface area (Å²) in [5.74, 6) is 0.720. The van der Waals surface area contributed by atoms with Crippen LogP contribution >= 0.6 is 0 Å². The van der Waals surface area contributed by atoms with E-state index in [0.717, 1.165) is 11.4 Å². The fraction of sp³-hybridized carbons (Fsp3) is 0.143. The normalized spacial score (nSPS) is 10.2. The predicted octanol–water partition coefficient (Wildman–Crippen LogP) is 4.13. The molecule has 0 bridgehead atoms. The minimum atomic E-state index is -0.365. The van der Waals surface area contributed by atoms with Crippen molar-refractivity contribution in [2.24, 2.45) is 0 Å². The van der Waals surface area contributed by atoms with Crippen LogP contribution in [0.3, 0.4) is 0 Å². The quantitative estimate of drug-likeness (QED) is 0.674. The fourth-order valence-electron chi connectivity index (χ4n) is 2.39. The number of benzene rings is 2. The van der Waals surface area contributed by atoms with Crippen molar-refractivity contribution in [1.82, 2.24) is 9.97 Å². The Morgan fingerprint density at radius 3 is 2.36 bits per heavy atom. The zero-order chi connectivity index (χ0) is 19.9. The summed E-state index contributed by atoms with van der Waals surface area (Å²) in [5.41, 5.74) is 2.11. The molecule has 0 spiro atoms. The molecule has 1 heterocycles. The molecule has 7 heteroatoms. The molecule has 3 aromatic rings. The van der Waals surface area contributed by atoms with Gasteiger partial charge in [0.05, 0.1) is 17.7 Å². The summed E-state index contributed by atoms with van der Waals surface area (Å²) in [4.78, 5) is 20.8. The zero-order valence-electron chi connectivity index (χ0n) is 15.5. The number of nitriles is 1. The third-order valence-corrected chi connectivity index (χ3v) is 3.64. The molecule has 1 aromatic heterocycles. The molecule has 0 aliphatic carbocycles. The van der Waals surface area contributed by atoms with Gasteiger partial charge in [0.1, 0.15) is 11.4 Å². The molecule has 0 radical (unpaired) electrons. The van der Waals surface area contributed by atoms with E-state index in [1.165, 1.54) is 12.3 Å². The highest BCUT2D eigenvalue weighted by Gasteiger charge is 2.10. The molecule has 2 N–H and O–H groups in total. The van der Waals surface area contributed by atoms with Gasteiger partial charge in [-0.2, -0.15) is 5.26 Å². The van der Waals surface area contributed by atoms with Crippen molar-refractivity contribution < 1.29 is 9.53 Å². The average Bonchev–Trinajstić information content (AvgIpc) is 2.70. The Hall–Kier alpha value is -3.92. The second-order valence-corrected chi connectivity index (χ2v) is 6.22. The molecule has 0 aliphatic heterocycles. The van der Waals surface area contributed by atoms with E-state index in [-0.39, 0.29) is 17.7 Å². The van der Waals surface area contributed by atoms with E-state index >= 15 is 0 Å². The maximum atomic E-state index is 12.4. The van der Waals surface area contributed by atoms with Crippen LogP contribution < -0.4 is 15.4 Å². The number of hydrogen-bond acceptors (Lipinski definition) is 6.